The van der Waals surface area contributed by atoms with E-state index in [0.29, 0.717) is 16.7 Å². The van der Waals surface area contributed by atoms with E-state index in [1.165, 1.54) is 17.8 Å². The summed E-state index contributed by atoms with van der Waals surface area (Å²) in [5.74, 6) is -0.214. The van der Waals surface area contributed by atoms with E-state index in [9.17, 15) is 14.5 Å². The second-order valence-corrected chi connectivity index (χ2v) is 14.2. The van der Waals surface area contributed by atoms with E-state index in [1.54, 1.807) is 31.3 Å². The molecule has 1 fully saturated rings. The number of halogens is 1. The first-order valence-corrected chi connectivity index (χ1v) is 16.2. The van der Waals surface area contributed by atoms with Gasteiger partial charge >= 0.3 is 13.7 Å². The number of benzene rings is 2. The highest BCUT2D eigenvalue weighted by Gasteiger charge is 2.56. The Morgan fingerprint density at radius 2 is 1.96 bits per heavy atom. The summed E-state index contributed by atoms with van der Waals surface area (Å²) in [7, 11) is -2.78. The number of anilines is 2. The second-order valence-electron chi connectivity index (χ2n) is 12.5. The van der Waals surface area contributed by atoms with E-state index in [2.05, 4.69) is 25.4 Å². The van der Waals surface area contributed by atoms with Gasteiger partial charge in [-0.3, -0.25) is 13.9 Å². The maximum atomic E-state index is 16.2. The summed E-state index contributed by atoms with van der Waals surface area (Å²) >= 11 is 0. The van der Waals surface area contributed by atoms with Crippen molar-refractivity contribution in [2.45, 2.75) is 64.8 Å². The molecule has 2 aromatic heterocycles. The van der Waals surface area contributed by atoms with E-state index < -0.39 is 50.5 Å². The first-order valence-electron chi connectivity index (χ1n) is 14.7. The number of aromatic nitrogens is 4. The molecule has 3 heterocycles. The Kier molecular flexibility index (Phi) is 9.26. The lowest BCUT2D eigenvalue weighted by molar-refractivity contribution is -0.148. The highest BCUT2D eigenvalue weighted by Crippen LogP contribution is 2.49. The Morgan fingerprint density at radius 3 is 2.67 bits per heavy atom. The predicted octanol–water partition coefficient (Wildman–Crippen LogP) is 4.36. The van der Waals surface area contributed by atoms with E-state index in [0.717, 1.165) is 12.3 Å². The van der Waals surface area contributed by atoms with Crippen molar-refractivity contribution in [1.82, 2.24) is 24.6 Å². The number of nitrogens with zero attached hydrogens (tertiary/aromatic N) is 4. The second kappa shape index (κ2) is 12.7. The molecule has 0 spiro atoms. The van der Waals surface area contributed by atoms with Crippen LogP contribution >= 0.6 is 7.75 Å². The van der Waals surface area contributed by atoms with Crippen molar-refractivity contribution in [3.63, 3.8) is 0 Å². The summed E-state index contributed by atoms with van der Waals surface area (Å²) in [6.45, 7) is 7.88. The molecule has 0 radical (unpaired) electrons. The van der Waals surface area contributed by atoms with Crippen LogP contribution in [-0.2, 0) is 23.4 Å². The van der Waals surface area contributed by atoms with Crippen molar-refractivity contribution in [3.8, 4) is 5.75 Å². The minimum atomic E-state index is -4.41. The molecule has 5 N–H and O–H groups in total. The molecule has 0 bridgehead atoms. The van der Waals surface area contributed by atoms with Gasteiger partial charge < -0.3 is 30.2 Å². The van der Waals surface area contributed by atoms with Crippen LogP contribution in [-0.4, -0.2) is 74.8 Å². The molecule has 248 valence electrons. The number of nitrogen functional groups attached to an aromatic ring is 1. The third-order valence-electron chi connectivity index (χ3n) is 7.37. The van der Waals surface area contributed by atoms with Gasteiger partial charge in [0.1, 0.15) is 24.0 Å². The number of hydrogen-bond acceptors (Lipinski definition) is 12. The van der Waals surface area contributed by atoms with Crippen LogP contribution in [0.3, 0.4) is 0 Å². The fourth-order valence-corrected chi connectivity index (χ4v) is 6.52. The average Bonchev–Trinajstić information content (AvgIpc) is 3.51. The number of hydrogen-bond donors (Lipinski definition) is 4. The monoisotopic (exact) mass is 659 g/mol. The number of fused-ring (bicyclic) bond motifs is 2. The van der Waals surface area contributed by atoms with Crippen LogP contribution in [0.25, 0.3) is 21.9 Å². The van der Waals surface area contributed by atoms with Gasteiger partial charge in [0.2, 0.25) is 5.95 Å². The van der Waals surface area contributed by atoms with Gasteiger partial charge in [0.25, 0.3) is 0 Å². The number of alkyl halides is 1. The number of rotatable bonds is 11. The average molecular weight is 660 g/mol. The highest BCUT2D eigenvalue weighted by atomic mass is 31.2. The van der Waals surface area contributed by atoms with Crippen LogP contribution < -0.4 is 20.7 Å². The molecule has 4 aromatic rings. The maximum Gasteiger partial charge on any atom is 0.459 e. The summed E-state index contributed by atoms with van der Waals surface area (Å²) < 4.78 is 54.9. The van der Waals surface area contributed by atoms with E-state index >= 15 is 4.39 Å². The number of esters is 1. The lowest BCUT2D eigenvalue weighted by atomic mass is 9.98. The fourth-order valence-electron chi connectivity index (χ4n) is 5.00. The first kappa shape index (κ1) is 33.5. The molecule has 46 heavy (non-hydrogen) atoms. The summed E-state index contributed by atoms with van der Waals surface area (Å²) in [6.07, 6.45) is -3.18. The van der Waals surface area contributed by atoms with Crippen LogP contribution in [0.2, 0.25) is 0 Å². The van der Waals surface area contributed by atoms with Crippen LogP contribution in [0.1, 0.15) is 40.8 Å². The molecule has 0 saturated carbocycles. The van der Waals surface area contributed by atoms with E-state index in [-0.39, 0.29) is 29.4 Å². The molecule has 1 unspecified atom stereocenters. The molecule has 5 rings (SSSR count). The van der Waals surface area contributed by atoms with Gasteiger partial charge in [0.05, 0.1) is 19.5 Å². The Morgan fingerprint density at radius 1 is 1.24 bits per heavy atom. The summed E-state index contributed by atoms with van der Waals surface area (Å²) in [4.78, 5) is 25.4. The number of nitrogens with one attached hydrogen (secondary N) is 2. The highest BCUT2D eigenvalue weighted by molar-refractivity contribution is 7.52. The summed E-state index contributed by atoms with van der Waals surface area (Å²) in [5, 5.41) is 18.0. The molecule has 2 aromatic carbocycles. The largest absolute Gasteiger partial charge is 0.464 e. The zero-order chi connectivity index (χ0) is 33.4. The van der Waals surface area contributed by atoms with Crippen molar-refractivity contribution < 1.29 is 37.4 Å². The van der Waals surface area contributed by atoms with Gasteiger partial charge in [-0.25, -0.2) is 13.9 Å². The van der Waals surface area contributed by atoms with Crippen molar-refractivity contribution in [2.24, 2.45) is 5.41 Å². The Hall–Kier alpha value is -3.88. The van der Waals surface area contributed by atoms with Crippen LogP contribution in [0.15, 0.2) is 48.8 Å². The lowest BCUT2D eigenvalue weighted by Crippen LogP contribution is -2.41. The van der Waals surface area contributed by atoms with Gasteiger partial charge in [-0.1, -0.05) is 57.2 Å². The zero-order valence-electron chi connectivity index (χ0n) is 26.4. The molecule has 1 aliphatic heterocycles. The van der Waals surface area contributed by atoms with Crippen molar-refractivity contribution >= 4 is 47.4 Å². The van der Waals surface area contributed by atoms with E-state index in [1.807, 2.05) is 39.0 Å². The maximum absolute atomic E-state index is 16.2. The van der Waals surface area contributed by atoms with Crippen molar-refractivity contribution in [3.05, 3.63) is 48.8 Å². The lowest BCUT2D eigenvalue weighted by Gasteiger charge is -2.26. The number of aliphatic hydroxyl groups is 1. The van der Waals surface area contributed by atoms with Gasteiger partial charge in [-0.05, 0) is 30.7 Å². The summed E-state index contributed by atoms with van der Waals surface area (Å²) in [5.41, 5.74) is 3.67. The minimum absolute atomic E-state index is 0.0784. The number of aliphatic hydroxyl groups excluding tert-OH is 1. The quantitative estimate of drug-likeness (QED) is 0.132. The van der Waals surface area contributed by atoms with Gasteiger partial charge in [0.15, 0.2) is 28.9 Å². The molecule has 16 heteroatoms. The molecule has 1 saturated heterocycles. The normalized spacial score (nSPS) is 23.7. The Balaban J connectivity index is 1.40. The molecule has 0 amide bonds. The van der Waals surface area contributed by atoms with Crippen LogP contribution in [0, 0.1) is 5.41 Å². The minimum Gasteiger partial charge on any atom is -0.464 e. The topological polar surface area (TPSA) is 185 Å². The third kappa shape index (κ3) is 6.93. The molecule has 0 aliphatic carbocycles. The van der Waals surface area contributed by atoms with Gasteiger partial charge in [0, 0.05) is 12.4 Å². The molecule has 14 nitrogen and oxygen atoms in total. The molecular weight excluding hydrogens is 620 g/mol. The van der Waals surface area contributed by atoms with E-state index in [4.69, 9.17) is 24.3 Å². The number of imidazole rings is 1. The number of carbonyl (C=O) groups is 1. The first-order chi connectivity index (χ1) is 21.6. The zero-order valence-corrected chi connectivity index (χ0v) is 27.3. The van der Waals surface area contributed by atoms with Gasteiger partial charge in [-0.15, -0.1) is 0 Å². The standard InChI is InChI=1S/C30H39FN7O7P/c1-17(26(40)42-15-29(2,3)4)37-46(41,45-20-13-9-11-18-10-7-8-12-19(18)20)43-14-21-23(39)30(5,31)27(44-21)38-16-34-22-24(33-6)35-28(32)36-25(22)38/h7-13,16-17,21,23,27,39H,14-15H2,1-6H3,(H,37,41)(H3,32,33,35,36)/t17-,21-,23-,27-,30-,46?/m1/s1. The van der Waals surface area contributed by atoms with Crippen LogP contribution in [0.5, 0.6) is 5.75 Å². The van der Waals surface area contributed by atoms with Crippen LogP contribution in [0.4, 0.5) is 16.2 Å². The SMILES string of the molecule is CNc1nc(N)nc2c1ncn2[C@@H]1O[C@H](COP(=O)(N[C@H](C)C(=O)OCC(C)(C)C)Oc2cccc3ccccc23)[C@@H](O)[C@@]1(C)F. The smallest absolute Gasteiger partial charge is 0.459 e. The Bertz CT molecular complexity index is 1770. The number of ether oxygens (including phenoxy) is 2. The number of nitrogens with two attached hydrogens (primary N) is 1. The Labute approximate surface area is 265 Å². The number of carbonyl (C=O) groups excluding carboxylic acids is 1. The van der Waals surface area contributed by atoms with Crippen molar-refractivity contribution in [1.29, 1.82) is 0 Å². The fraction of sp³-hybridized carbons (Fsp3) is 0.467. The molecule has 1 aliphatic rings. The van der Waals surface area contributed by atoms with Gasteiger partial charge in [-0.2, -0.15) is 15.1 Å². The van der Waals surface area contributed by atoms with Crippen molar-refractivity contribution in [2.75, 3.05) is 31.3 Å². The molecule has 6 atom stereocenters. The summed E-state index contributed by atoms with van der Waals surface area (Å²) in [6, 6.07) is 11.3. The predicted molar refractivity (Wildman–Crippen MR) is 170 cm³/mol. The third-order valence-corrected chi connectivity index (χ3v) is 9.00. The molecular formula is C30H39FN7O7P.